The fraction of sp³-hybridized carbons (Fsp3) is 0.259. The second-order valence-electron chi connectivity index (χ2n) is 8.36. The van der Waals surface area contributed by atoms with Gasteiger partial charge in [-0.1, -0.05) is 48.0 Å². The van der Waals surface area contributed by atoms with Crippen LogP contribution in [0.15, 0.2) is 66.7 Å². The van der Waals surface area contributed by atoms with Crippen LogP contribution in [0.3, 0.4) is 0 Å². The maximum absolute atomic E-state index is 12.9. The first kappa shape index (κ1) is 23.6. The quantitative estimate of drug-likeness (QED) is 0.546. The van der Waals surface area contributed by atoms with Crippen molar-refractivity contribution in [3.8, 4) is 5.75 Å². The summed E-state index contributed by atoms with van der Waals surface area (Å²) in [6.07, 6.45) is 0. The minimum Gasteiger partial charge on any atom is -0.483 e. The number of anilines is 2. The van der Waals surface area contributed by atoms with E-state index in [1.54, 1.807) is 6.07 Å². The first-order chi connectivity index (χ1) is 16.4. The third-order valence-electron chi connectivity index (χ3n) is 5.97. The van der Waals surface area contributed by atoms with Crippen LogP contribution in [0.2, 0.25) is 5.02 Å². The van der Waals surface area contributed by atoms with Gasteiger partial charge in [0.1, 0.15) is 5.75 Å². The highest BCUT2D eigenvalue weighted by Crippen LogP contribution is 2.30. The summed E-state index contributed by atoms with van der Waals surface area (Å²) >= 11 is 6.55. The molecule has 0 aliphatic carbocycles. The topological polar surface area (TPSA) is 61.9 Å². The molecule has 1 aliphatic heterocycles. The standard InChI is InChI=1S/C27H28ClN3O3/c1-19-7-3-5-9-22(19)27(33)31-15-13-30(14-16-31)24-12-11-21(17-23(24)28)29-26(32)18-34-25-10-6-4-8-20(25)2/h3-12,17H,13-16,18H2,1-2H3,(H,29,32). The zero-order valence-electron chi connectivity index (χ0n) is 19.4. The molecule has 2 amide bonds. The van der Waals surface area contributed by atoms with E-state index in [-0.39, 0.29) is 18.4 Å². The Kier molecular flexibility index (Phi) is 7.38. The number of benzene rings is 3. The number of hydrogen-bond donors (Lipinski definition) is 1. The number of halogens is 1. The van der Waals surface area contributed by atoms with Gasteiger partial charge in [0.05, 0.1) is 10.7 Å². The van der Waals surface area contributed by atoms with Gasteiger partial charge >= 0.3 is 0 Å². The molecule has 1 heterocycles. The average molecular weight is 478 g/mol. The van der Waals surface area contributed by atoms with Crippen LogP contribution in [-0.2, 0) is 4.79 Å². The largest absolute Gasteiger partial charge is 0.483 e. The Morgan fingerprint density at radius 1 is 0.912 bits per heavy atom. The molecular weight excluding hydrogens is 450 g/mol. The van der Waals surface area contributed by atoms with E-state index in [1.807, 2.05) is 79.4 Å². The molecule has 0 spiro atoms. The summed E-state index contributed by atoms with van der Waals surface area (Å²) in [4.78, 5) is 29.2. The fourth-order valence-corrected chi connectivity index (χ4v) is 4.33. The zero-order valence-corrected chi connectivity index (χ0v) is 20.1. The molecule has 0 saturated carbocycles. The Morgan fingerprint density at radius 2 is 1.59 bits per heavy atom. The molecule has 1 aliphatic rings. The van der Waals surface area contributed by atoms with Gasteiger partial charge < -0.3 is 19.9 Å². The molecule has 0 atom stereocenters. The molecule has 3 aromatic rings. The second-order valence-corrected chi connectivity index (χ2v) is 8.77. The molecule has 0 aromatic heterocycles. The van der Waals surface area contributed by atoms with Crippen molar-refractivity contribution in [1.82, 2.24) is 4.90 Å². The van der Waals surface area contributed by atoms with E-state index in [2.05, 4.69) is 10.2 Å². The molecule has 0 radical (unpaired) electrons. The van der Waals surface area contributed by atoms with Gasteiger partial charge in [-0.3, -0.25) is 9.59 Å². The predicted molar refractivity (Wildman–Crippen MR) is 136 cm³/mol. The Morgan fingerprint density at radius 3 is 2.26 bits per heavy atom. The van der Waals surface area contributed by atoms with Gasteiger partial charge in [-0.05, 0) is 55.3 Å². The maximum atomic E-state index is 12.9. The minimum atomic E-state index is -0.254. The number of aryl methyl sites for hydroxylation is 2. The number of carbonyl (C=O) groups excluding carboxylic acids is 2. The molecule has 7 heteroatoms. The van der Waals surface area contributed by atoms with E-state index in [0.717, 1.165) is 22.4 Å². The average Bonchev–Trinajstić information content (AvgIpc) is 2.84. The summed E-state index contributed by atoms with van der Waals surface area (Å²) in [7, 11) is 0. The van der Waals surface area contributed by atoms with Crippen molar-refractivity contribution < 1.29 is 14.3 Å². The Hall–Kier alpha value is -3.51. The lowest BCUT2D eigenvalue weighted by molar-refractivity contribution is -0.118. The van der Waals surface area contributed by atoms with Gasteiger partial charge in [-0.15, -0.1) is 0 Å². The highest BCUT2D eigenvalue weighted by molar-refractivity contribution is 6.33. The molecule has 176 valence electrons. The number of nitrogens with one attached hydrogen (secondary N) is 1. The van der Waals surface area contributed by atoms with Crippen molar-refractivity contribution in [2.75, 3.05) is 43.0 Å². The van der Waals surface area contributed by atoms with E-state index in [9.17, 15) is 9.59 Å². The lowest BCUT2D eigenvalue weighted by atomic mass is 10.1. The minimum absolute atomic E-state index is 0.0647. The highest BCUT2D eigenvalue weighted by atomic mass is 35.5. The van der Waals surface area contributed by atoms with Crippen LogP contribution in [0.1, 0.15) is 21.5 Å². The van der Waals surface area contributed by atoms with Gasteiger partial charge in [-0.25, -0.2) is 0 Å². The number of amides is 2. The summed E-state index contributed by atoms with van der Waals surface area (Å²) in [5.41, 5.74) is 4.21. The number of hydrogen-bond acceptors (Lipinski definition) is 4. The number of piperazine rings is 1. The van der Waals surface area contributed by atoms with Gasteiger partial charge in [0.25, 0.3) is 11.8 Å². The lowest BCUT2D eigenvalue weighted by Gasteiger charge is -2.36. The Balaban J connectivity index is 1.32. The zero-order chi connectivity index (χ0) is 24.1. The SMILES string of the molecule is Cc1ccccc1OCC(=O)Nc1ccc(N2CCN(C(=O)c3ccccc3C)CC2)c(Cl)c1. The van der Waals surface area contributed by atoms with E-state index in [1.165, 1.54) is 0 Å². The van der Waals surface area contributed by atoms with Crippen LogP contribution >= 0.6 is 11.6 Å². The summed E-state index contributed by atoms with van der Waals surface area (Å²) in [5, 5.41) is 3.38. The molecule has 6 nitrogen and oxygen atoms in total. The van der Waals surface area contributed by atoms with Crippen molar-refractivity contribution in [2.45, 2.75) is 13.8 Å². The Labute approximate surface area is 205 Å². The molecule has 4 rings (SSSR count). The van der Waals surface area contributed by atoms with E-state index < -0.39 is 0 Å². The Bertz CT molecular complexity index is 1190. The number of ether oxygens (including phenoxy) is 1. The molecule has 3 aromatic carbocycles. The monoisotopic (exact) mass is 477 g/mol. The summed E-state index contributed by atoms with van der Waals surface area (Å²) in [6, 6.07) is 20.7. The second kappa shape index (κ2) is 10.6. The third-order valence-corrected chi connectivity index (χ3v) is 6.27. The van der Waals surface area contributed by atoms with Crippen LogP contribution in [0.5, 0.6) is 5.75 Å². The molecule has 1 N–H and O–H groups in total. The normalized spacial score (nSPS) is 13.5. The number of rotatable bonds is 6. The van der Waals surface area contributed by atoms with Crippen LogP contribution in [0.25, 0.3) is 0 Å². The van der Waals surface area contributed by atoms with Gasteiger partial charge in [0.15, 0.2) is 6.61 Å². The summed E-state index contributed by atoms with van der Waals surface area (Å²) < 4.78 is 5.60. The fourth-order valence-electron chi connectivity index (χ4n) is 4.03. The van der Waals surface area contributed by atoms with E-state index in [4.69, 9.17) is 16.3 Å². The molecule has 1 saturated heterocycles. The number of carbonyl (C=O) groups is 2. The molecule has 1 fully saturated rings. The van der Waals surface area contributed by atoms with Gasteiger partial charge in [-0.2, -0.15) is 0 Å². The van der Waals surface area contributed by atoms with Gasteiger partial charge in [0.2, 0.25) is 0 Å². The first-order valence-corrected chi connectivity index (χ1v) is 11.7. The van der Waals surface area contributed by atoms with Crippen LogP contribution < -0.4 is 15.0 Å². The van der Waals surface area contributed by atoms with Crippen molar-refractivity contribution in [1.29, 1.82) is 0 Å². The highest BCUT2D eigenvalue weighted by Gasteiger charge is 2.24. The van der Waals surface area contributed by atoms with E-state index in [0.29, 0.717) is 42.6 Å². The van der Waals surface area contributed by atoms with Crippen molar-refractivity contribution in [3.63, 3.8) is 0 Å². The first-order valence-electron chi connectivity index (χ1n) is 11.3. The summed E-state index contributed by atoms with van der Waals surface area (Å²) in [5.74, 6) is 0.497. The third kappa shape index (κ3) is 5.51. The summed E-state index contributed by atoms with van der Waals surface area (Å²) in [6.45, 7) is 6.43. The maximum Gasteiger partial charge on any atom is 0.262 e. The number of nitrogens with zero attached hydrogens (tertiary/aromatic N) is 2. The number of para-hydroxylation sites is 1. The van der Waals surface area contributed by atoms with E-state index >= 15 is 0 Å². The van der Waals surface area contributed by atoms with Crippen LogP contribution in [0, 0.1) is 13.8 Å². The molecular formula is C27H28ClN3O3. The van der Waals surface area contributed by atoms with Crippen LogP contribution in [0.4, 0.5) is 11.4 Å². The van der Waals surface area contributed by atoms with Gasteiger partial charge in [0, 0.05) is 37.4 Å². The molecule has 0 bridgehead atoms. The van der Waals surface area contributed by atoms with Crippen molar-refractivity contribution in [3.05, 3.63) is 88.4 Å². The van der Waals surface area contributed by atoms with Crippen molar-refractivity contribution in [2.24, 2.45) is 0 Å². The molecule has 0 unspecified atom stereocenters. The smallest absolute Gasteiger partial charge is 0.262 e. The predicted octanol–water partition coefficient (Wildman–Crippen LogP) is 4.94. The van der Waals surface area contributed by atoms with Crippen molar-refractivity contribution >= 4 is 34.8 Å². The van der Waals surface area contributed by atoms with Crippen LogP contribution in [-0.4, -0.2) is 49.5 Å². The lowest BCUT2D eigenvalue weighted by Crippen LogP contribution is -2.49. The molecule has 34 heavy (non-hydrogen) atoms.